The molecule has 0 saturated carbocycles. The molecule has 1 heterocycles. The highest BCUT2D eigenvalue weighted by Crippen LogP contribution is 2.22. The molecule has 3 rings (SSSR count). The van der Waals surface area contributed by atoms with Gasteiger partial charge < -0.3 is 9.84 Å². The molecule has 0 spiro atoms. The lowest BCUT2D eigenvalue weighted by atomic mass is 10.1. The number of aliphatic hydroxyl groups is 1. The minimum Gasteiger partial charge on any atom is -0.489 e. The van der Waals surface area contributed by atoms with Crippen molar-refractivity contribution in [3.05, 3.63) is 65.2 Å². The van der Waals surface area contributed by atoms with Crippen molar-refractivity contribution in [1.29, 1.82) is 0 Å². The van der Waals surface area contributed by atoms with E-state index in [1.165, 1.54) is 12.1 Å². The Balaban J connectivity index is 1.63. The van der Waals surface area contributed by atoms with E-state index in [4.69, 9.17) is 4.74 Å². The van der Waals surface area contributed by atoms with E-state index < -0.39 is 11.6 Å². The first-order chi connectivity index (χ1) is 11.5. The largest absolute Gasteiger partial charge is 0.489 e. The van der Waals surface area contributed by atoms with Crippen LogP contribution in [0, 0.1) is 11.6 Å². The SMILES string of the molecule is C[C@@H]1[C@@H](O)CCN1Cc1cccc(OCc2ccc(F)cc2F)c1. The third kappa shape index (κ3) is 3.91. The predicted octanol–water partition coefficient (Wildman–Crippen LogP) is 3.50. The number of halogens is 2. The Morgan fingerprint density at radius 1 is 1.21 bits per heavy atom. The van der Waals surface area contributed by atoms with Gasteiger partial charge in [0.1, 0.15) is 24.0 Å². The van der Waals surface area contributed by atoms with Crippen LogP contribution >= 0.6 is 0 Å². The normalized spacial score (nSPS) is 21.2. The molecule has 1 fully saturated rings. The first-order valence-electron chi connectivity index (χ1n) is 8.11. The van der Waals surface area contributed by atoms with Crippen molar-refractivity contribution >= 4 is 0 Å². The average molecular weight is 333 g/mol. The van der Waals surface area contributed by atoms with Crippen LogP contribution in [0.1, 0.15) is 24.5 Å². The fourth-order valence-corrected chi connectivity index (χ4v) is 2.98. The van der Waals surface area contributed by atoms with Crippen LogP contribution in [0.3, 0.4) is 0 Å². The van der Waals surface area contributed by atoms with Crippen molar-refractivity contribution in [2.24, 2.45) is 0 Å². The van der Waals surface area contributed by atoms with E-state index in [-0.39, 0.29) is 18.8 Å². The second kappa shape index (κ2) is 7.28. The van der Waals surface area contributed by atoms with E-state index in [1.54, 1.807) is 0 Å². The Kier molecular flexibility index (Phi) is 5.11. The van der Waals surface area contributed by atoms with Crippen LogP contribution in [0.2, 0.25) is 0 Å². The first-order valence-corrected chi connectivity index (χ1v) is 8.11. The van der Waals surface area contributed by atoms with Crippen LogP contribution < -0.4 is 4.74 Å². The standard InChI is InChI=1S/C19H21F2NO2/c1-13-19(23)7-8-22(13)11-14-3-2-4-17(9-14)24-12-15-5-6-16(20)10-18(15)21/h2-6,9-10,13,19,23H,7-8,11-12H2,1H3/t13-,19+/m1/s1. The van der Waals surface area contributed by atoms with Crippen molar-refractivity contribution in [3.63, 3.8) is 0 Å². The highest BCUT2D eigenvalue weighted by molar-refractivity contribution is 5.29. The Morgan fingerprint density at radius 3 is 2.75 bits per heavy atom. The Morgan fingerprint density at radius 2 is 2.04 bits per heavy atom. The molecule has 2 atom stereocenters. The quantitative estimate of drug-likeness (QED) is 0.909. The summed E-state index contributed by atoms with van der Waals surface area (Å²) >= 11 is 0. The molecular formula is C19H21F2NO2. The zero-order valence-corrected chi connectivity index (χ0v) is 13.6. The van der Waals surface area contributed by atoms with Crippen LogP contribution in [-0.4, -0.2) is 28.7 Å². The maximum absolute atomic E-state index is 13.6. The van der Waals surface area contributed by atoms with Crippen molar-refractivity contribution < 1.29 is 18.6 Å². The third-order valence-electron chi connectivity index (χ3n) is 4.54. The summed E-state index contributed by atoms with van der Waals surface area (Å²) in [6, 6.07) is 11.2. The molecular weight excluding hydrogens is 312 g/mol. The van der Waals surface area contributed by atoms with Gasteiger partial charge in [0.2, 0.25) is 0 Å². The van der Waals surface area contributed by atoms with Crippen LogP contribution in [0.5, 0.6) is 5.75 Å². The maximum atomic E-state index is 13.6. The minimum atomic E-state index is -0.606. The van der Waals surface area contributed by atoms with Gasteiger partial charge in [-0.3, -0.25) is 4.90 Å². The summed E-state index contributed by atoms with van der Waals surface area (Å²) in [6.45, 7) is 3.68. The molecule has 2 aromatic rings. The smallest absolute Gasteiger partial charge is 0.132 e. The summed E-state index contributed by atoms with van der Waals surface area (Å²) in [5, 5.41) is 9.83. The second-order valence-electron chi connectivity index (χ2n) is 6.24. The van der Waals surface area contributed by atoms with Crippen LogP contribution in [0.25, 0.3) is 0 Å². The second-order valence-corrected chi connectivity index (χ2v) is 6.24. The van der Waals surface area contributed by atoms with Gasteiger partial charge in [-0.25, -0.2) is 8.78 Å². The molecule has 3 nitrogen and oxygen atoms in total. The molecule has 1 saturated heterocycles. The van der Waals surface area contributed by atoms with Crippen LogP contribution in [0.4, 0.5) is 8.78 Å². The number of hydrogen-bond acceptors (Lipinski definition) is 3. The number of nitrogens with zero attached hydrogens (tertiary/aromatic N) is 1. The van der Waals surface area contributed by atoms with Gasteiger partial charge in [-0.2, -0.15) is 0 Å². The Labute approximate surface area is 140 Å². The van der Waals surface area contributed by atoms with E-state index in [9.17, 15) is 13.9 Å². The number of likely N-dealkylation sites (tertiary alicyclic amines) is 1. The van der Waals surface area contributed by atoms with E-state index >= 15 is 0 Å². The molecule has 1 aliphatic heterocycles. The summed E-state index contributed by atoms with van der Waals surface area (Å²) < 4.78 is 32.2. The maximum Gasteiger partial charge on any atom is 0.132 e. The number of aliphatic hydroxyl groups excluding tert-OH is 1. The van der Waals surface area contributed by atoms with E-state index in [0.29, 0.717) is 11.3 Å². The fourth-order valence-electron chi connectivity index (χ4n) is 2.98. The molecule has 1 aliphatic rings. The van der Waals surface area contributed by atoms with Gasteiger partial charge in [0.25, 0.3) is 0 Å². The van der Waals surface area contributed by atoms with Gasteiger partial charge in [0, 0.05) is 30.8 Å². The highest BCUT2D eigenvalue weighted by atomic mass is 19.1. The molecule has 2 aromatic carbocycles. The zero-order valence-electron chi connectivity index (χ0n) is 13.6. The van der Waals surface area contributed by atoms with E-state index in [0.717, 1.165) is 31.1 Å². The lowest BCUT2D eigenvalue weighted by Gasteiger charge is -2.22. The molecule has 0 aromatic heterocycles. The van der Waals surface area contributed by atoms with E-state index in [1.807, 2.05) is 31.2 Å². The summed E-state index contributed by atoms with van der Waals surface area (Å²) in [7, 11) is 0. The van der Waals surface area contributed by atoms with E-state index in [2.05, 4.69) is 4.90 Å². The first kappa shape index (κ1) is 16.9. The zero-order chi connectivity index (χ0) is 17.1. The number of rotatable bonds is 5. The highest BCUT2D eigenvalue weighted by Gasteiger charge is 2.28. The topological polar surface area (TPSA) is 32.7 Å². The minimum absolute atomic E-state index is 0.0500. The number of hydrogen-bond donors (Lipinski definition) is 1. The molecule has 0 radical (unpaired) electrons. The molecule has 128 valence electrons. The lowest BCUT2D eigenvalue weighted by Crippen LogP contribution is -2.31. The molecule has 0 bridgehead atoms. The van der Waals surface area contributed by atoms with Gasteiger partial charge in [-0.15, -0.1) is 0 Å². The monoisotopic (exact) mass is 333 g/mol. The van der Waals surface area contributed by atoms with Crippen molar-refractivity contribution in [2.75, 3.05) is 6.54 Å². The molecule has 24 heavy (non-hydrogen) atoms. The fraction of sp³-hybridized carbons (Fsp3) is 0.368. The van der Waals surface area contributed by atoms with Gasteiger partial charge in [0.15, 0.2) is 0 Å². The summed E-state index contributed by atoms with van der Waals surface area (Å²) in [4.78, 5) is 2.23. The number of benzene rings is 2. The van der Waals surface area contributed by atoms with Crippen molar-refractivity contribution in [1.82, 2.24) is 4.90 Å². The molecule has 0 amide bonds. The van der Waals surface area contributed by atoms with Crippen molar-refractivity contribution in [2.45, 2.75) is 38.6 Å². The average Bonchev–Trinajstić information content (AvgIpc) is 2.86. The van der Waals surface area contributed by atoms with Gasteiger partial charge in [0.05, 0.1) is 6.10 Å². The summed E-state index contributed by atoms with van der Waals surface area (Å²) in [6.07, 6.45) is 0.521. The van der Waals surface area contributed by atoms with Gasteiger partial charge >= 0.3 is 0 Å². The van der Waals surface area contributed by atoms with Crippen LogP contribution in [0.15, 0.2) is 42.5 Å². The van der Waals surface area contributed by atoms with Crippen molar-refractivity contribution in [3.8, 4) is 5.75 Å². The summed E-state index contributed by atoms with van der Waals surface area (Å²) in [5.41, 5.74) is 1.39. The summed E-state index contributed by atoms with van der Waals surface area (Å²) in [5.74, 6) is -0.560. The third-order valence-corrected chi connectivity index (χ3v) is 4.54. The van der Waals surface area contributed by atoms with Crippen LogP contribution in [-0.2, 0) is 13.2 Å². The Hall–Kier alpha value is -1.98. The number of ether oxygens (including phenoxy) is 1. The molecule has 0 aliphatic carbocycles. The molecule has 5 heteroatoms. The molecule has 0 unspecified atom stereocenters. The van der Waals surface area contributed by atoms with Gasteiger partial charge in [-0.05, 0) is 43.2 Å². The predicted molar refractivity (Wildman–Crippen MR) is 87.6 cm³/mol. The Bertz CT molecular complexity index is 708. The lowest BCUT2D eigenvalue weighted by molar-refractivity contribution is 0.123. The van der Waals surface area contributed by atoms with Gasteiger partial charge in [-0.1, -0.05) is 12.1 Å². The molecule has 1 N–H and O–H groups in total.